The molecule has 186 valence electrons. The monoisotopic (exact) mass is 556 g/mol. The van der Waals surface area contributed by atoms with Crippen molar-refractivity contribution in [1.82, 2.24) is 10.2 Å². The van der Waals surface area contributed by atoms with Crippen LogP contribution in [-0.2, 0) is 9.59 Å². The number of benzene rings is 2. The summed E-state index contributed by atoms with van der Waals surface area (Å²) >= 11 is 24.4. The summed E-state index contributed by atoms with van der Waals surface area (Å²) in [6, 6.07) is 13.9. The quantitative estimate of drug-likeness (QED) is 0.193. The van der Waals surface area contributed by atoms with Gasteiger partial charge in [-0.15, -0.1) is 0 Å². The smallest absolute Gasteiger partial charge is 0.341 e. The number of aliphatic carboxylic acids is 1. The summed E-state index contributed by atoms with van der Waals surface area (Å²) in [5, 5.41) is 11.8. The molecule has 35 heavy (non-hydrogen) atoms. The third-order valence-corrected chi connectivity index (χ3v) is 6.13. The summed E-state index contributed by atoms with van der Waals surface area (Å²) in [6.45, 7) is 0.668. The molecule has 1 aliphatic rings. The molecule has 3 rings (SSSR count). The predicted molar refractivity (Wildman–Crippen MR) is 143 cm³/mol. The first kappa shape index (κ1) is 26.9. The normalized spacial score (nSPS) is 15.2. The van der Waals surface area contributed by atoms with Crippen molar-refractivity contribution in [1.29, 1.82) is 0 Å². The van der Waals surface area contributed by atoms with Gasteiger partial charge in [0.15, 0.2) is 17.9 Å². The molecule has 2 aromatic rings. The fraction of sp³-hybridized carbons (Fsp3) is 0.261. The molecule has 1 saturated heterocycles. The molecule has 1 fully saturated rings. The summed E-state index contributed by atoms with van der Waals surface area (Å²) in [6.07, 6.45) is 2.54. The molecule has 2 aromatic carbocycles. The number of nitrogens with one attached hydrogen (secondary N) is 1. The summed E-state index contributed by atoms with van der Waals surface area (Å²) in [4.78, 5) is 26.8. The lowest BCUT2D eigenvalue weighted by Gasteiger charge is -2.44. The number of amides is 1. The zero-order valence-corrected chi connectivity index (χ0v) is 21.4. The Morgan fingerprint density at radius 3 is 2.49 bits per heavy atom. The van der Waals surface area contributed by atoms with Gasteiger partial charge in [-0.2, -0.15) is 0 Å². The third-order valence-electron chi connectivity index (χ3n) is 5.06. The van der Waals surface area contributed by atoms with Crippen LogP contribution >= 0.6 is 47.0 Å². The van der Waals surface area contributed by atoms with E-state index in [0.717, 1.165) is 5.69 Å². The standard InChI is InChI=1S/C23H23Cl3N4O4S/c24-23(25,26)21(30-13-3-12-29(22(30)35)18-5-2-1-4-17(18)27)28-19(31)11-8-15-6-9-16(10-7-15)34-14-20(32)33/h1-2,4-11,21H,3,12-14,27H2,(H,28,31)(H,32,33)/b11-8+. The Morgan fingerprint density at radius 1 is 1.17 bits per heavy atom. The second-order valence-corrected chi connectivity index (χ2v) is 10.3. The molecule has 0 bridgehead atoms. The van der Waals surface area contributed by atoms with Crippen LogP contribution < -0.4 is 20.7 Å². The Labute approximate surface area is 223 Å². The number of ether oxygens (including phenoxy) is 1. The van der Waals surface area contributed by atoms with E-state index in [1.165, 1.54) is 6.08 Å². The minimum absolute atomic E-state index is 0.381. The number of anilines is 2. The molecule has 0 aromatic heterocycles. The van der Waals surface area contributed by atoms with Crippen molar-refractivity contribution in [3.8, 4) is 5.75 Å². The molecule has 8 nitrogen and oxygen atoms in total. The predicted octanol–water partition coefficient (Wildman–Crippen LogP) is 4.06. The topological polar surface area (TPSA) is 108 Å². The van der Waals surface area contributed by atoms with E-state index in [-0.39, 0.29) is 0 Å². The van der Waals surface area contributed by atoms with Crippen LogP contribution in [-0.4, -0.2) is 56.7 Å². The number of nitrogens with two attached hydrogens (primary N) is 1. The van der Waals surface area contributed by atoms with E-state index in [1.54, 1.807) is 41.3 Å². The molecule has 0 saturated carbocycles. The van der Waals surface area contributed by atoms with Crippen molar-refractivity contribution in [3.05, 3.63) is 60.2 Å². The molecule has 4 N–H and O–H groups in total. The Hall–Kier alpha value is -2.72. The number of alkyl halides is 3. The maximum absolute atomic E-state index is 12.7. The van der Waals surface area contributed by atoms with Gasteiger partial charge >= 0.3 is 5.97 Å². The van der Waals surface area contributed by atoms with Crippen LogP contribution in [0.25, 0.3) is 6.08 Å². The summed E-state index contributed by atoms with van der Waals surface area (Å²) in [5.41, 5.74) is 8.12. The minimum Gasteiger partial charge on any atom is -0.482 e. The number of rotatable bonds is 8. The van der Waals surface area contributed by atoms with Gasteiger partial charge in [0.1, 0.15) is 5.75 Å². The van der Waals surface area contributed by atoms with E-state index in [9.17, 15) is 9.59 Å². The van der Waals surface area contributed by atoms with Gasteiger partial charge in [-0.1, -0.05) is 59.1 Å². The number of carbonyl (C=O) groups excluding carboxylic acids is 1. The Balaban J connectivity index is 1.71. The molecule has 0 aliphatic carbocycles. The third kappa shape index (κ3) is 7.38. The van der Waals surface area contributed by atoms with E-state index >= 15 is 0 Å². The molecular weight excluding hydrogens is 535 g/mol. The van der Waals surface area contributed by atoms with E-state index in [0.29, 0.717) is 41.6 Å². The summed E-state index contributed by atoms with van der Waals surface area (Å²) < 4.78 is 3.21. The second-order valence-electron chi connectivity index (χ2n) is 7.58. The van der Waals surface area contributed by atoms with Gasteiger partial charge in [0, 0.05) is 19.2 Å². The lowest BCUT2D eigenvalue weighted by atomic mass is 10.2. The molecule has 1 unspecified atom stereocenters. The van der Waals surface area contributed by atoms with Crippen molar-refractivity contribution in [2.75, 3.05) is 30.3 Å². The number of hydrogen-bond acceptors (Lipinski definition) is 5. The molecular formula is C23H23Cl3N4O4S. The minimum atomic E-state index is -1.87. The molecule has 1 atom stereocenters. The molecule has 1 aliphatic heterocycles. The highest BCUT2D eigenvalue weighted by atomic mass is 35.6. The van der Waals surface area contributed by atoms with E-state index < -0.39 is 28.4 Å². The molecule has 12 heteroatoms. The lowest BCUT2D eigenvalue weighted by Crippen LogP contribution is -2.62. The van der Waals surface area contributed by atoms with Gasteiger partial charge in [-0.25, -0.2) is 4.79 Å². The Kier molecular flexibility index (Phi) is 9.07. The van der Waals surface area contributed by atoms with Crippen molar-refractivity contribution >= 4 is 81.5 Å². The van der Waals surface area contributed by atoms with Crippen molar-refractivity contribution < 1.29 is 19.4 Å². The number of halogens is 3. The SMILES string of the molecule is Nc1ccccc1N1CCCN(C(NC(=O)/C=C/c2ccc(OCC(=O)O)cc2)C(Cl)(Cl)Cl)C1=S. The number of carboxylic acids is 1. The summed E-state index contributed by atoms with van der Waals surface area (Å²) in [5.74, 6) is -1.17. The number of nitrogens with zero attached hydrogens (tertiary/aromatic N) is 2. The van der Waals surface area contributed by atoms with Gasteiger partial charge in [-0.05, 0) is 54.5 Å². The maximum Gasteiger partial charge on any atom is 0.341 e. The number of carbonyl (C=O) groups is 2. The zero-order chi connectivity index (χ0) is 25.6. The first-order valence-electron chi connectivity index (χ1n) is 10.5. The number of nitrogen functional groups attached to an aromatic ring is 1. The number of para-hydroxylation sites is 2. The van der Waals surface area contributed by atoms with Crippen LogP contribution in [0.3, 0.4) is 0 Å². The van der Waals surface area contributed by atoms with E-state index in [1.807, 2.05) is 23.1 Å². The highest BCUT2D eigenvalue weighted by molar-refractivity contribution is 7.80. The van der Waals surface area contributed by atoms with Crippen LogP contribution in [0.5, 0.6) is 5.75 Å². The molecule has 0 spiro atoms. The first-order chi connectivity index (χ1) is 16.6. The van der Waals surface area contributed by atoms with E-state index in [4.69, 9.17) is 62.6 Å². The number of thiocarbonyl (C=S) groups is 1. The fourth-order valence-corrected chi connectivity index (χ4v) is 4.36. The van der Waals surface area contributed by atoms with Crippen LogP contribution in [0.15, 0.2) is 54.6 Å². The fourth-order valence-electron chi connectivity index (χ4n) is 3.45. The molecule has 1 amide bonds. The number of hydrogen-bond donors (Lipinski definition) is 3. The van der Waals surface area contributed by atoms with Gasteiger partial charge in [0.2, 0.25) is 9.70 Å². The van der Waals surface area contributed by atoms with Crippen LogP contribution in [0, 0.1) is 0 Å². The van der Waals surface area contributed by atoms with Crippen LogP contribution in [0.1, 0.15) is 12.0 Å². The molecule has 0 radical (unpaired) electrons. The highest BCUT2D eigenvalue weighted by Crippen LogP contribution is 2.35. The van der Waals surface area contributed by atoms with Crippen LogP contribution in [0.4, 0.5) is 11.4 Å². The molecule has 1 heterocycles. The average Bonchev–Trinajstić information content (AvgIpc) is 2.81. The van der Waals surface area contributed by atoms with E-state index in [2.05, 4.69) is 5.32 Å². The van der Waals surface area contributed by atoms with Gasteiger partial charge in [-0.3, -0.25) is 4.79 Å². The zero-order valence-electron chi connectivity index (χ0n) is 18.4. The average molecular weight is 558 g/mol. The summed E-state index contributed by atoms with van der Waals surface area (Å²) in [7, 11) is 0. The van der Waals surface area contributed by atoms with Crippen LogP contribution in [0.2, 0.25) is 0 Å². The first-order valence-corrected chi connectivity index (χ1v) is 12.0. The van der Waals surface area contributed by atoms with Gasteiger partial charge < -0.3 is 30.7 Å². The van der Waals surface area contributed by atoms with Crippen molar-refractivity contribution in [2.24, 2.45) is 0 Å². The van der Waals surface area contributed by atoms with Gasteiger partial charge in [0.25, 0.3) is 0 Å². The second kappa shape index (κ2) is 11.8. The maximum atomic E-state index is 12.7. The van der Waals surface area contributed by atoms with Crippen molar-refractivity contribution in [3.63, 3.8) is 0 Å². The largest absolute Gasteiger partial charge is 0.482 e. The highest BCUT2D eigenvalue weighted by Gasteiger charge is 2.42. The van der Waals surface area contributed by atoms with Crippen molar-refractivity contribution in [2.45, 2.75) is 16.4 Å². The lowest BCUT2D eigenvalue weighted by molar-refractivity contribution is -0.139. The Morgan fingerprint density at radius 2 is 1.86 bits per heavy atom. The Bertz CT molecular complexity index is 1110. The van der Waals surface area contributed by atoms with Gasteiger partial charge in [0.05, 0.1) is 11.4 Å². The number of carboxylic acid groups (broad SMARTS) is 1.